The predicted octanol–water partition coefficient (Wildman–Crippen LogP) is 4.71. The number of epoxide rings is 2. The Hall–Kier alpha value is 0.240. The van der Waals surface area contributed by atoms with Gasteiger partial charge in [0.15, 0.2) is 0 Å². The molecule has 6 nitrogen and oxygen atoms in total. The molecule has 0 bridgehead atoms. The average Bonchev–Trinajstić information content (AvgIpc) is 3.62. The van der Waals surface area contributed by atoms with Gasteiger partial charge in [-0.15, -0.1) is 6.61 Å². The highest BCUT2D eigenvalue weighted by atomic mass is 79.9. The first-order valence-corrected chi connectivity index (χ1v) is 13.0. The molecule has 2 saturated heterocycles. The summed E-state index contributed by atoms with van der Waals surface area (Å²) in [7, 11) is 0. The normalized spacial score (nSPS) is 16.5. The lowest BCUT2D eigenvalue weighted by atomic mass is 10.2. The van der Waals surface area contributed by atoms with Crippen molar-refractivity contribution in [2.75, 3.05) is 64.8 Å². The molecule has 0 saturated carbocycles. The van der Waals surface area contributed by atoms with Crippen molar-refractivity contribution >= 4 is 15.9 Å². The molecule has 7 heteroatoms. The highest BCUT2D eigenvalue weighted by molar-refractivity contribution is 9.09. The number of ether oxygens (including phenoxy) is 5. The second-order valence-corrected chi connectivity index (χ2v) is 8.95. The number of hydrogen-bond acceptors (Lipinski definition) is 6. The quantitative estimate of drug-likeness (QED) is 0.213. The lowest BCUT2D eigenvalue weighted by Gasteiger charge is -2.15. The SMILES string of the molecule is C1CO1.CC(C)C[O-].CCBr.CCC1CO1.CCOC(CC)COCCOCC(C)C. The highest BCUT2D eigenvalue weighted by Gasteiger charge is 2.18. The van der Waals surface area contributed by atoms with Crippen LogP contribution in [0.15, 0.2) is 0 Å². The fourth-order valence-corrected chi connectivity index (χ4v) is 1.47. The van der Waals surface area contributed by atoms with Gasteiger partial charge in [-0.1, -0.05) is 70.3 Å². The molecule has 0 aliphatic carbocycles. The minimum absolute atomic E-state index is 0.0556. The van der Waals surface area contributed by atoms with Crippen molar-refractivity contribution in [1.29, 1.82) is 0 Å². The summed E-state index contributed by atoms with van der Waals surface area (Å²) >= 11 is 3.15. The van der Waals surface area contributed by atoms with Gasteiger partial charge in [0.1, 0.15) is 0 Å². The van der Waals surface area contributed by atoms with Crippen LogP contribution in [0.2, 0.25) is 0 Å². The monoisotopic (exact) mass is 515 g/mol. The van der Waals surface area contributed by atoms with E-state index in [1.165, 1.54) is 6.42 Å². The highest BCUT2D eigenvalue weighted by Crippen LogP contribution is 2.10. The number of rotatable bonds is 12. The molecule has 0 radical (unpaired) electrons. The van der Waals surface area contributed by atoms with Crippen LogP contribution in [-0.4, -0.2) is 77.0 Å². The van der Waals surface area contributed by atoms with Crippen molar-refractivity contribution < 1.29 is 28.8 Å². The van der Waals surface area contributed by atoms with Gasteiger partial charge in [-0.25, -0.2) is 0 Å². The topological polar surface area (TPSA) is 75.8 Å². The summed E-state index contributed by atoms with van der Waals surface area (Å²) in [6, 6.07) is 0. The minimum atomic E-state index is 0.0556. The lowest BCUT2D eigenvalue weighted by Crippen LogP contribution is -2.20. The van der Waals surface area contributed by atoms with E-state index in [9.17, 15) is 5.11 Å². The summed E-state index contributed by atoms with van der Waals surface area (Å²) in [5.41, 5.74) is 0. The van der Waals surface area contributed by atoms with Crippen LogP contribution in [0.4, 0.5) is 0 Å². The van der Waals surface area contributed by atoms with E-state index in [-0.39, 0.29) is 12.7 Å². The molecule has 2 fully saturated rings. The first-order valence-electron chi connectivity index (χ1n) is 11.9. The van der Waals surface area contributed by atoms with Crippen molar-refractivity contribution in [2.45, 2.75) is 80.4 Å². The largest absolute Gasteiger partial charge is 0.854 e. The Labute approximate surface area is 201 Å². The summed E-state index contributed by atoms with van der Waals surface area (Å²) in [4.78, 5) is 0. The smallest absolute Gasteiger partial charge is 0.0807 e. The Balaban J connectivity index is -0.000000392. The minimum Gasteiger partial charge on any atom is -0.854 e. The Kier molecular flexibility index (Phi) is 34.9. The molecule has 2 rings (SSSR count). The van der Waals surface area contributed by atoms with Crippen LogP contribution in [-0.2, 0) is 23.7 Å². The van der Waals surface area contributed by atoms with Crippen molar-refractivity contribution in [1.82, 2.24) is 0 Å². The van der Waals surface area contributed by atoms with Gasteiger partial charge in [0, 0.05) is 18.5 Å². The van der Waals surface area contributed by atoms with Crippen molar-refractivity contribution in [3.63, 3.8) is 0 Å². The molecule has 31 heavy (non-hydrogen) atoms. The van der Waals surface area contributed by atoms with Gasteiger partial charge >= 0.3 is 0 Å². The second kappa shape index (κ2) is 30.2. The van der Waals surface area contributed by atoms with Gasteiger partial charge in [-0.2, -0.15) is 0 Å². The van der Waals surface area contributed by atoms with Crippen LogP contribution >= 0.6 is 15.9 Å². The molecule has 0 aromatic heterocycles. The first kappa shape index (κ1) is 35.8. The molecule has 0 aromatic rings. The molecule has 2 heterocycles. The molecule has 0 spiro atoms. The Morgan fingerprint density at radius 3 is 1.61 bits per heavy atom. The molecule has 2 aliphatic heterocycles. The van der Waals surface area contributed by atoms with E-state index in [1.54, 1.807) is 0 Å². The zero-order valence-electron chi connectivity index (χ0n) is 21.6. The fourth-order valence-electron chi connectivity index (χ4n) is 1.47. The van der Waals surface area contributed by atoms with Gasteiger partial charge in [-0.3, -0.25) is 0 Å². The summed E-state index contributed by atoms with van der Waals surface area (Å²) in [6.07, 6.45) is 3.07. The van der Waals surface area contributed by atoms with E-state index in [0.29, 0.717) is 37.8 Å². The van der Waals surface area contributed by atoms with Gasteiger partial charge < -0.3 is 28.8 Å². The Morgan fingerprint density at radius 1 is 0.935 bits per heavy atom. The maximum Gasteiger partial charge on any atom is 0.0807 e. The molecular weight excluding hydrogens is 464 g/mol. The maximum atomic E-state index is 9.63. The molecule has 2 atom stereocenters. The lowest BCUT2D eigenvalue weighted by molar-refractivity contribution is -0.376. The van der Waals surface area contributed by atoms with Crippen LogP contribution in [0.1, 0.15) is 68.2 Å². The van der Waals surface area contributed by atoms with Crippen molar-refractivity contribution in [2.24, 2.45) is 11.8 Å². The first-order chi connectivity index (χ1) is 14.8. The van der Waals surface area contributed by atoms with Crippen LogP contribution in [0, 0.1) is 11.8 Å². The van der Waals surface area contributed by atoms with E-state index in [2.05, 4.69) is 48.4 Å². The summed E-state index contributed by atoms with van der Waals surface area (Å²) in [5.74, 6) is 0.923. The van der Waals surface area contributed by atoms with E-state index >= 15 is 0 Å². The van der Waals surface area contributed by atoms with E-state index in [4.69, 9.17) is 18.9 Å². The van der Waals surface area contributed by atoms with E-state index in [0.717, 1.165) is 44.8 Å². The zero-order valence-corrected chi connectivity index (χ0v) is 23.2. The molecule has 0 N–H and O–H groups in total. The molecule has 0 amide bonds. The summed E-state index contributed by atoms with van der Waals surface area (Å²) in [5, 5.41) is 10.7. The van der Waals surface area contributed by atoms with Gasteiger partial charge in [0.25, 0.3) is 0 Å². The summed E-state index contributed by atoms with van der Waals surface area (Å²) in [6.45, 7) is 23.1. The Bertz CT molecular complexity index is 295. The number of halogens is 1. The fraction of sp³-hybridized carbons (Fsp3) is 1.00. The second-order valence-electron chi connectivity index (χ2n) is 7.83. The van der Waals surface area contributed by atoms with Crippen LogP contribution in [0.25, 0.3) is 0 Å². The Morgan fingerprint density at radius 2 is 1.39 bits per heavy atom. The zero-order chi connectivity index (χ0) is 24.3. The van der Waals surface area contributed by atoms with Crippen molar-refractivity contribution in [3.05, 3.63) is 0 Å². The summed E-state index contributed by atoms with van der Waals surface area (Å²) < 4.78 is 25.7. The predicted molar refractivity (Wildman–Crippen MR) is 132 cm³/mol. The standard InChI is InChI=1S/C12H26O3.C4H8O.C4H9O.C2H5Br.C2H4O/c1-5-12(15-6-2)10-14-8-7-13-9-11(3)4;1-2-4-3-5-4;1-4(2)3-5;1-2-3;1-2-3-1/h11-12H,5-10H2,1-4H3;4H,2-3H2,1H3;4H,3H2,1-2H3;2H2,1H3;1-2H2/q;;-1;;. The van der Waals surface area contributed by atoms with Crippen LogP contribution < -0.4 is 5.11 Å². The average molecular weight is 517 g/mol. The van der Waals surface area contributed by atoms with Gasteiger partial charge in [0.05, 0.1) is 51.8 Å². The van der Waals surface area contributed by atoms with Crippen LogP contribution in [0.5, 0.6) is 0 Å². The van der Waals surface area contributed by atoms with Crippen LogP contribution in [0.3, 0.4) is 0 Å². The molecule has 2 aliphatic rings. The van der Waals surface area contributed by atoms with Gasteiger partial charge in [-0.05, 0) is 25.7 Å². The molecule has 0 aromatic carbocycles. The van der Waals surface area contributed by atoms with Gasteiger partial charge in [0.2, 0.25) is 0 Å². The molecule has 2 unspecified atom stereocenters. The number of hydrogen-bond donors (Lipinski definition) is 0. The van der Waals surface area contributed by atoms with Crippen molar-refractivity contribution in [3.8, 4) is 0 Å². The van der Waals surface area contributed by atoms with E-state index < -0.39 is 0 Å². The molecular formula is C24H52BrO6-. The molecule has 192 valence electrons. The third kappa shape index (κ3) is 48.8. The third-order valence-corrected chi connectivity index (χ3v) is 3.38. The van der Waals surface area contributed by atoms with E-state index in [1.807, 2.05) is 27.7 Å². The number of alkyl halides is 1. The third-order valence-electron chi connectivity index (χ3n) is 3.38. The maximum absolute atomic E-state index is 9.63.